The molecule has 0 bridgehead atoms. The summed E-state index contributed by atoms with van der Waals surface area (Å²) in [6.07, 6.45) is -1.01. The Balaban J connectivity index is 2.81. The average Bonchev–Trinajstić information content (AvgIpc) is 2.14. The molecule has 0 saturated carbocycles. The summed E-state index contributed by atoms with van der Waals surface area (Å²) in [5, 5.41) is 10.9. The third-order valence-electron chi connectivity index (χ3n) is 2.29. The van der Waals surface area contributed by atoms with Crippen molar-refractivity contribution in [3.63, 3.8) is 0 Å². The van der Waals surface area contributed by atoms with Crippen LogP contribution in [0.3, 0.4) is 0 Å². The van der Waals surface area contributed by atoms with Crippen LogP contribution in [0.1, 0.15) is 11.1 Å². The van der Waals surface area contributed by atoms with Crippen LogP contribution in [0.5, 0.6) is 0 Å². The SMILES string of the molecule is Cc1cccc(C)c1N(C)CNC(=O)O. The lowest BCUT2D eigenvalue weighted by atomic mass is 10.1. The second-order valence-corrected chi connectivity index (χ2v) is 3.58. The van der Waals surface area contributed by atoms with E-state index in [1.165, 1.54) is 0 Å². The summed E-state index contributed by atoms with van der Waals surface area (Å²) in [4.78, 5) is 12.3. The van der Waals surface area contributed by atoms with E-state index in [0.717, 1.165) is 16.8 Å². The van der Waals surface area contributed by atoms with Crippen molar-refractivity contribution in [2.75, 3.05) is 18.6 Å². The molecule has 1 aromatic rings. The molecule has 1 rings (SSSR count). The molecule has 0 unspecified atom stereocenters. The van der Waals surface area contributed by atoms with Gasteiger partial charge < -0.3 is 15.3 Å². The highest BCUT2D eigenvalue weighted by Crippen LogP contribution is 2.22. The zero-order valence-corrected chi connectivity index (χ0v) is 9.24. The van der Waals surface area contributed by atoms with Gasteiger partial charge in [-0.1, -0.05) is 18.2 Å². The number of carboxylic acid groups (broad SMARTS) is 1. The first-order chi connectivity index (χ1) is 7.02. The zero-order chi connectivity index (χ0) is 11.4. The second kappa shape index (κ2) is 4.68. The van der Waals surface area contributed by atoms with Crippen molar-refractivity contribution >= 4 is 11.8 Å². The van der Waals surface area contributed by atoms with Gasteiger partial charge in [-0.05, 0) is 25.0 Å². The highest BCUT2D eigenvalue weighted by Gasteiger charge is 2.07. The third-order valence-corrected chi connectivity index (χ3v) is 2.29. The molecule has 0 aromatic heterocycles. The molecule has 0 aliphatic rings. The van der Waals surface area contributed by atoms with Crippen LogP contribution in [0.4, 0.5) is 10.5 Å². The molecular weight excluding hydrogens is 192 g/mol. The molecule has 82 valence electrons. The number of carbonyl (C=O) groups is 1. The van der Waals surface area contributed by atoms with Crippen LogP contribution in [0.2, 0.25) is 0 Å². The summed E-state index contributed by atoms with van der Waals surface area (Å²) >= 11 is 0. The number of benzene rings is 1. The number of aryl methyl sites for hydroxylation is 2. The van der Waals surface area contributed by atoms with E-state index in [0.29, 0.717) is 6.67 Å². The van der Waals surface area contributed by atoms with Crippen molar-refractivity contribution in [1.82, 2.24) is 5.32 Å². The smallest absolute Gasteiger partial charge is 0.406 e. The quantitative estimate of drug-likeness (QED) is 0.747. The number of rotatable bonds is 3. The molecule has 15 heavy (non-hydrogen) atoms. The van der Waals surface area contributed by atoms with E-state index in [9.17, 15) is 4.79 Å². The first-order valence-electron chi connectivity index (χ1n) is 4.76. The van der Waals surface area contributed by atoms with Crippen LogP contribution in [0.25, 0.3) is 0 Å². The Bertz CT molecular complexity index is 343. The molecule has 0 spiro atoms. The Kier molecular flexibility index (Phi) is 3.55. The number of nitrogens with zero attached hydrogens (tertiary/aromatic N) is 1. The van der Waals surface area contributed by atoms with Gasteiger partial charge in [-0.2, -0.15) is 0 Å². The number of anilines is 1. The minimum Gasteiger partial charge on any atom is -0.465 e. The lowest BCUT2D eigenvalue weighted by molar-refractivity contribution is 0.194. The predicted octanol–water partition coefficient (Wildman–Crippen LogP) is 1.96. The fourth-order valence-electron chi connectivity index (χ4n) is 1.67. The molecule has 0 aliphatic carbocycles. The van der Waals surface area contributed by atoms with Gasteiger partial charge in [-0.25, -0.2) is 4.79 Å². The molecule has 0 saturated heterocycles. The Hall–Kier alpha value is -1.71. The molecular formula is C11H16N2O2. The molecule has 1 amide bonds. The summed E-state index contributed by atoms with van der Waals surface area (Å²) in [6.45, 7) is 4.32. The first-order valence-corrected chi connectivity index (χ1v) is 4.76. The molecule has 0 atom stereocenters. The highest BCUT2D eigenvalue weighted by molar-refractivity contribution is 5.65. The Morgan fingerprint density at radius 2 is 1.93 bits per heavy atom. The minimum atomic E-state index is -1.01. The summed E-state index contributed by atoms with van der Waals surface area (Å²) in [5.74, 6) is 0. The molecule has 0 radical (unpaired) electrons. The lowest BCUT2D eigenvalue weighted by Gasteiger charge is -2.23. The van der Waals surface area contributed by atoms with Gasteiger partial charge in [0.25, 0.3) is 0 Å². The zero-order valence-electron chi connectivity index (χ0n) is 9.24. The van der Waals surface area contributed by atoms with Crippen LogP contribution < -0.4 is 10.2 Å². The van der Waals surface area contributed by atoms with Crippen LogP contribution in [0, 0.1) is 13.8 Å². The van der Waals surface area contributed by atoms with Gasteiger partial charge in [-0.15, -0.1) is 0 Å². The predicted molar refractivity (Wildman–Crippen MR) is 60.3 cm³/mol. The third kappa shape index (κ3) is 2.87. The van der Waals surface area contributed by atoms with Crippen LogP contribution in [0.15, 0.2) is 18.2 Å². The number of amides is 1. The topological polar surface area (TPSA) is 52.6 Å². The van der Waals surface area contributed by atoms with Gasteiger partial charge >= 0.3 is 6.09 Å². The monoisotopic (exact) mass is 208 g/mol. The first kappa shape index (κ1) is 11.4. The van der Waals surface area contributed by atoms with E-state index in [1.54, 1.807) is 0 Å². The number of hydrogen-bond donors (Lipinski definition) is 2. The van der Waals surface area contributed by atoms with Crippen molar-refractivity contribution in [1.29, 1.82) is 0 Å². The van der Waals surface area contributed by atoms with Crippen molar-refractivity contribution in [3.05, 3.63) is 29.3 Å². The standard InChI is InChI=1S/C11H16N2O2/c1-8-5-4-6-9(2)10(8)13(3)7-12-11(14)15/h4-6,12H,7H2,1-3H3,(H,14,15). The summed E-state index contributed by atoms with van der Waals surface area (Å²) in [6, 6.07) is 6.02. The Morgan fingerprint density at radius 3 is 2.40 bits per heavy atom. The van der Waals surface area contributed by atoms with Crippen molar-refractivity contribution in [2.45, 2.75) is 13.8 Å². The van der Waals surface area contributed by atoms with Crippen molar-refractivity contribution < 1.29 is 9.90 Å². The molecule has 0 aliphatic heterocycles. The molecule has 2 N–H and O–H groups in total. The fraction of sp³-hybridized carbons (Fsp3) is 0.364. The van der Waals surface area contributed by atoms with E-state index >= 15 is 0 Å². The Morgan fingerprint density at radius 1 is 1.40 bits per heavy atom. The normalized spacial score (nSPS) is 9.80. The fourth-order valence-corrected chi connectivity index (χ4v) is 1.67. The maximum Gasteiger partial charge on any atom is 0.406 e. The van der Waals surface area contributed by atoms with Crippen LogP contribution in [-0.4, -0.2) is 24.9 Å². The van der Waals surface area contributed by atoms with Crippen molar-refractivity contribution in [3.8, 4) is 0 Å². The molecule has 4 heteroatoms. The molecule has 4 nitrogen and oxygen atoms in total. The maximum atomic E-state index is 10.4. The maximum absolute atomic E-state index is 10.4. The lowest BCUT2D eigenvalue weighted by Crippen LogP contribution is -2.34. The number of hydrogen-bond acceptors (Lipinski definition) is 2. The highest BCUT2D eigenvalue weighted by atomic mass is 16.4. The van der Waals surface area contributed by atoms with E-state index in [-0.39, 0.29) is 0 Å². The van der Waals surface area contributed by atoms with E-state index in [1.807, 2.05) is 44.0 Å². The molecule has 0 fully saturated rings. The number of nitrogens with one attached hydrogen (secondary N) is 1. The van der Waals surface area contributed by atoms with Gasteiger partial charge in [0, 0.05) is 12.7 Å². The van der Waals surface area contributed by atoms with Crippen LogP contribution >= 0.6 is 0 Å². The van der Waals surface area contributed by atoms with E-state index < -0.39 is 6.09 Å². The average molecular weight is 208 g/mol. The summed E-state index contributed by atoms with van der Waals surface area (Å²) in [7, 11) is 1.87. The molecule has 1 aromatic carbocycles. The van der Waals surface area contributed by atoms with Crippen molar-refractivity contribution in [2.24, 2.45) is 0 Å². The van der Waals surface area contributed by atoms with E-state index in [4.69, 9.17) is 5.11 Å². The van der Waals surface area contributed by atoms with Gasteiger partial charge in [0.05, 0.1) is 6.67 Å². The Labute approximate surface area is 89.5 Å². The van der Waals surface area contributed by atoms with E-state index in [2.05, 4.69) is 5.32 Å². The minimum absolute atomic E-state index is 0.293. The second-order valence-electron chi connectivity index (χ2n) is 3.58. The van der Waals surface area contributed by atoms with Gasteiger partial charge in [-0.3, -0.25) is 0 Å². The number of para-hydroxylation sites is 1. The van der Waals surface area contributed by atoms with Gasteiger partial charge in [0.1, 0.15) is 0 Å². The van der Waals surface area contributed by atoms with Gasteiger partial charge in [0.2, 0.25) is 0 Å². The van der Waals surface area contributed by atoms with Gasteiger partial charge in [0.15, 0.2) is 0 Å². The largest absolute Gasteiger partial charge is 0.465 e. The van der Waals surface area contributed by atoms with Crippen LogP contribution in [-0.2, 0) is 0 Å². The molecule has 0 heterocycles. The summed E-state index contributed by atoms with van der Waals surface area (Å²) in [5.41, 5.74) is 3.36. The summed E-state index contributed by atoms with van der Waals surface area (Å²) < 4.78 is 0.